The minimum Gasteiger partial charge on any atom is -0.0993 e. The molecule has 0 aliphatic heterocycles. The smallest absolute Gasteiger partial charge is 0.00876 e. The fourth-order valence-corrected chi connectivity index (χ4v) is 5.67. The van der Waals surface area contributed by atoms with Crippen LogP contribution in [0.4, 0.5) is 0 Å². The van der Waals surface area contributed by atoms with Gasteiger partial charge in [0.15, 0.2) is 0 Å². The molecule has 3 saturated carbocycles. The van der Waals surface area contributed by atoms with Crippen molar-refractivity contribution in [1.29, 1.82) is 0 Å². The first-order valence-corrected chi connectivity index (χ1v) is 9.03. The van der Waals surface area contributed by atoms with Crippen LogP contribution < -0.4 is 0 Å². The lowest BCUT2D eigenvalue weighted by molar-refractivity contribution is 0.0639. The Morgan fingerprint density at radius 3 is 2.62 bits per heavy atom. The van der Waals surface area contributed by atoms with Gasteiger partial charge in [-0.3, -0.25) is 0 Å². The van der Waals surface area contributed by atoms with E-state index in [1.165, 1.54) is 38.5 Å². The van der Waals surface area contributed by atoms with Gasteiger partial charge in [0, 0.05) is 0 Å². The molecule has 3 rings (SSSR count). The van der Waals surface area contributed by atoms with Gasteiger partial charge in [0.1, 0.15) is 0 Å². The maximum absolute atomic E-state index is 4.42. The van der Waals surface area contributed by atoms with Crippen molar-refractivity contribution in [2.75, 3.05) is 0 Å². The Balaban J connectivity index is 1.90. The van der Waals surface area contributed by atoms with Crippen LogP contribution in [0.3, 0.4) is 0 Å². The van der Waals surface area contributed by atoms with E-state index in [1.807, 2.05) is 0 Å². The van der Waals surface area contributed by atoms with Crippen molar-refractivity contribution < 1.29 is 0 Å². The topological polar surface area (TPSA) is 0 Å². The summed E-state index contributed by atoms with van der Waals surface area (Å²) in [6.45, 7) is 13.8. The summed E-state index contributed by atoms with van der Waals surface area (Å²) >= 11 is 0. The molecule has 0 aromatic carbocycles. The molecular weight excluding hydrogens is 252 g/mol. The Morgan fingerprint density at radius 1 is 1.19 bits per heavy atom. The van der Waals surface area contributed by atoms with Gasteiger partial charge in [-0.1, -0.05) is 45.1 Å². The normalized spacial score (nSPS) is 43.5. The molecule has 0 radical (unpaired) electrons. The molecule has 0 saturated heterocycles. The fourth-order valence-electron chi connectivity index (χ4n) is 5.67. The van der Waals surface area contributed by atoms with Crippen LogP contribution in [0.25, 0.3) is 0 Å². The summed E-state index contributed by atoms with van der Waals surface area (Å²) in [5, 5.41) is 0. The Bertz CT molecular complexity index is 490. The van der Waals surface area contributed by atoms with Gasteiger partial charge >= 0.3 is 0 Å². The average molecular weight is 284 g/mol. The van der Waals surface area contributed by atoms with Crippen molar-refractivity contribution in [2.45, 2.75) is 66.2 Å². The Labute approximate surface area is 131 Å². The molecule has 4 atom stereocenters. The Hall–Kier alpha value is -0.780. The zero-order chi connectivity index (χ0) is 15.2. The number of fused-ring (bicyclic) bond motifs is 3. The quantitative estimate of drug-likeness (QED) is 0.495. The van der Waals surface area contributed by atoms with E-state index in [4.69, 9.17) is 0 Å². The van der Waals surface area contributed by atoms with Gasteiger partial charge in [-0.15, -0.1) is 0 Å². The van der Waals surface area contributed by atoms with E-state index in [2.05, 4.69) is 46.4 Å². The number of hydrogen-bond donors (Lipinski definition) is 0. The van der Waals surface area contributed by atoms with Gasteiger partial charge in [-0.25, -0.2) is 0 Å². The zero-order valence-corrected chi connectivity index (χ0v) is 14.4. The third kappa shape index (κ3) is 2.35. The van der Waals surface area contributed by atoms with E-state index < -0.39 is 0 Å². The third-order valence-electron chi connectivity index (χ3n) is 6.75. The molecular formula is C21H32. The lowest BCUT2D eigenvalue weighted by Gasteiger charge is -2.50. The minimum absolute atomic E-state index is 0.458. The summed E-state index contributed by atoms with van der Waals surface area (Å²) < 4.78 is 0. The summed E-state index contributed by atoms with van der Waals surface area (Å²) in [5.41, 5.74) is 5.37. The second-order valence-electron chi connectivity index (χ2n) is 8.19. The molecule has 116 valence electrons. The summed E-state index contributed by atoms with van der Waals surface area (Å²) in [6, 6.07) is 0. The first-order valence-electron chi connectivity index (χ1n) is 9.03. The van der Waals surface area contributed by atoms with E-state index in [-0.39, 0.29) is 0 Å². The van der Waals surface area contributed by atoms with Crippen molar-refractivity contribution in [3.8, 4) is 0 Å². The molecule has 0 N–H and O–H groups in total. The zero-order valence-electron chi connectivity index (χ0n) is 14.4. The first kappa shape index (κ1) is 15.1. The van der Waals surface area contributed by atoms with Crippen LogP contribution in [-0.2, 0) is 0 Å². The summed E-state index contributed by atoms with van der Waals surface area (Å²) in [7, 11) is 0. The van der Waals surface area contributed by atoms with Crippen molar-refractivity contribution in [3.63, 3.8) is 0 Å². The van der Waals surface area contributed by atoms with Gasteiger partial charge in [0.2, 0.25) is 0 Å². The lowest BCUT2D eigenvalue weighted by atomic mass is 9.54. The van der Waals surface area contributed by atoms with Gasteiger partial charge < -0.3 is 0 Å². The molecule has 0 aromatic heterocycles. The molecule has 3 aliphatic rings. The summed E-state index contributed by atoms with van der Waals surface area (Å²) in [6.07, 6.45) is 13.1. The predicted octanol–water partition coefficient (Wildman–Crippen LogP) is 6.31. The SMILES string of the molecule is C=C1CCC2C3CCC(=C/C(C)C)/C(=C\C)C3CC[C@]12C. The standard InChI is InChI=1S/C21H32/c1-6-17-16(13-14(2)3)8-9-19-18(17)11-12-21(5)15(4)7-10-20(19)21/h6,13-14,18-20H,4,7-12H2,1-3,5H3/b16-13-,17-6+/t18?,19?,20?,21-/m1/s1. The van der Waals surface area contributed by atoms with Crippen molar-refractivity contribution in [3.05, 3.63) is 35.5 Å². The molecule has 3 aliphatic carbocycles. The largest absolute Gasteiger partial charge is 0.0993 e. The van der Waals surface area contributed by atoms with Crippen molar-refractivity contribution >= 4 is 0 Å². The molecule has 0 heterocycles. The van der Waals surface area contributed by atoms with Gasteiger partial charge in [-0.2, -0.15) is 0 Å². The Morgan fingerprint density at radius 2 is 1.95 bits per heavy atom. The number of rotatable bonds is 1. The molecule has 21 heavy (non-hydrogen) atoms. The van der Waals surface area contributed by atoms with Crippen LogP contribution in [-0.4, -0.2) is 0 Å². The number of allylic oxidation sites excluding steroid dienone is 5. The van der Waals surface area contributed by atoms with Crippen LogP contribution >= 0.6 is 0 Å². The molecule has 3 fully saturated rings. The van der Waals surface area contributed by atoms with Gasteiger partial charge in [0.05, 0.1) is 0 Å². The molecule has 0 nitrogen and oxygen atoms in total. The second kappa shape index (κ2) is 5.45. The fraction of sp³-hybridized carbons (Fsp3) is 0.714. The van der Waals surface area contributed by atoms with Crippen LogP contribution in [0.1, 0.15) is 66.2 Å². The van der Waals surface area contributed by atoms with E-state index in [0.29, 0.717) is 11.3 Å². The van der Waals surface area contributed by atoms with E-state index >= 15 is 0 Å². The van der Waals surface area contributed by atoms with Crippen LogP contribution in [0.5, 0.6) is 0 Å². The maximum atomic E-state index is 4.42. The highest BCUT2D eigenvalue weighted by Gasteiger charge is 2.52. The van der Waals surface area contributed by atoms with E-state index in [9.17, 15) is 0 Å². The molecule has 3 unspecified atom stereocenters. The van der Waals surface area contributed by atoms with Gasteiger partial charge in [-0.05, 0) is 85.7 Å². The molecule has 0 spiro atoms. The molecule has 0 aromatic rings. The van der Waals surface area contributed by atoms with Crippen LogP contribution in [0.2, 0.25) is 0 Å². The monoisotopic (exact) mass is 284 g/mol. The molecule has 0 bridgehead atoms. The predicted molar refractivity (Wildman–Crippen MR) is 92.1 cm³/mol. The highest BCUT2D eigenvalue weighted by Crippen LogP contribution is 2.62. The van der Waals surface area contributed by atoms with Gasteiger partial charge in [0.25, 0.3) is 0 Å². The third-order valence-corrected chi connectivity index (χ3v) is 6.75. The summed E-state index contributed by atoms with van der Waals surface area (Å²) in [5.74, 6) is 3.32. The average Bonchev–Trinajstić information content (AvgIpc) is 2.74. The van der Waals surface area contributed by atoms with E-state index in [0.717, 1.165) is 17.8 Å². The lowest BCUT2D eigenvalue weighted by Crippen LogP contribution is -2.41. The minimum atomic E-state index is 0.458. The highest BCUT2D eigenvalue weighted by molar-refractivity contribution is 5.38. The second-order valence-corrected chi connectivity index (χ2v) is 8.19. The molecule has 0 heteroatoms. The Kier molecular flexibility index (Phi) is 3.93. The molecule has 0 amide bonds. The first-order chi connectivity index (χ1) is 9.97. The number of hydrogen-bond acceptors (Lipinski definition) is 0. The van der Waals surface area contributed by atoms with Crippen LogP contribution in [0.15, 0.2) is 35.5 Å². The van der Waals surface area contributed by atoms with Crippen molar-refractivity contribution in [2.24, 2.45) is 29.1 Å². The van der Waals surface area contributed by atoms with E-state index in [1.54, 1.807) is 16.7 Å². The van der Waals surface area contributed by atoms with Crippen LogP contribution in [0, 0.1) is 29.1 Å². The maximum Gasteiger partial charge on any atom is -0.00876 e. The van der Waals surface area contributed by atoms with Crippen molar-refractivity contribution in [1.82, 2.24) is 0 Å². The summed E-state index contributed by atoms with van der Waals surface area (Å²) in [4.78, 5) is 0. The highest BCUT2D eigenvalue weighted by atomic mass is 14.6.